The van der Waals surface area contributed by atoms with Crippen LogP contribution in [-0.2, 0) is 28.7 Å². The molecule has 3 aromatic rings. The number of esters is 1. The van der Waals surface area contributed by atoms with Crippen molar-refractivity contribution in [1.29, 1.82) is 0 Å². The van der Waals surface area contributed by atoms with E-state index in [2.05, 4.69) is 0 Å². The highest BCUT2D eigenvalue weighted by Gasteiger charge is 2.35. The molecule has 0 saturated carbocycles. The maximum absolute atomic E-state index is 13.2. The minimum absolute atomic E-state index is 0.0142. The van der Waals surface area contributed by atoms with Gasteiger partial charge in [-0.2, -0.15) is 13.2 Å². The third-order valence-electron chi connectivity index (χ3n) is 4.32. The summed E-state index contributed by atoms with van der Waals surface area (Å²) in [4.78, 5) is 11.8. The van der Waals surface area contributed by atoms with Crippen LogP contribution in [0.25, 0.3) is 11.0 Å². The van der Waals surface area contributed by atoms with E-state index in [1.807, 2.05) is 13.0 Å². The van der Waals surface area contributed by atoms with Crippen molar-refractivity contribution in [3.8, 4) is 5.75 Å². The highest BCUT2D eigenvalue weighted by molar-refractivity contribution is 6.38. The SMILES string of the molecule is [B]c1cc(COc2cc(C)ccc2CC(=O)OCC)cc2c(C(F)(F)F)coc12. The number of halogens is 3. The van der Waals surface area contributed by atoms with Crippen LogP contribution in [0.15, 0.2) is 41.0 Å². The zero-order valence-corrected chi connectivity index (χ0v) is 15.9. The smallest absolute Gasteiger partial charge is 0.420 e. The lowest BCUT2D eigenvalue weighted by molar-refractivity contribution is -0.142. The fourth-order valence-electron chi connectivity index (χ4n) is 3.00. The molecule has 0 atom stereocenters. The Balaban J connectivity index is 1.87. The molecule has 0 saturated heterocycles. The van der Waals surface area contributed by atoms with Gasteiger partial charge in [0.25, 0.3) is 0 Å². The normalized spacial score (nSPS) is 11.6. The van der Waals surface area contributed by atoms with Crippen molar-refractivity contribution in [3.05, 3.63) is 58.8 Å². The van der Waals surface area contributed by atoms with Gasteiger partial charge in [-0.15, -0.1) is 0 Å². The van der Waals surface area contributed by atoms with E-state index in [0.717, 1.165) is 5.56 Å². The van der Waals surface area contributed by atoms with Gasteiger partial charge in [-0.25, -0.2) is 0 Å². The van der Waals surface area contributed by atoms with Gasteiger partial charge in [0.1, 0.15) is 37.6 Å². The molecule has 0 aliphatic heterocycles. The molecule has 3 rings (SSSR count). The molecule has 0 bridgehead atoms. The van der Waals surface area contributed by atoms with E-state index >= 15 is 0 Å². The van der Waals surface area contributed by atoms with Gasteiger partial charge < -0.3 is 13.9 Å². The summed E-state index contributed by atoms with van der Waals surface area (Å²) in [7, 11) is 5.86. The van der Waals surface area contributed by atoms with Gasteiger partial charge in [0.2, 0.25) is 0 Å². The van der Waals surface area contributed by atoms with Crippen LogP contribution >= 0.6 is 0 Å². The standard InChI is InChI=1S/C21H18BF3O4/c1-3-27-19(26)9-14-5-4-12(2)6-18(14)28-10-13-7-15-16(21(23,24)25)11-29-20(15)17(22)8-13/h4-8,11H,3,9-10H2,1-2H3. The molecule has 0 spiro atoms. The molecule has 0 N–H and O–H groups in total. The summed E-state index contributed by atoms with van der Waals surface area (Å²) in [5, 5.41) is -0.118. The van der Waals surface area contributed by atoms with Crippen LogP contribution in [0.2, 0.25) is 0 Å². The fraction of sp³-hybridized carbons (Fsp3) is 0.286. The van der Waals surface area contributed by atoms with Gasteiger partial charge in [-0.1, -0.05) is 23.7 Å². The third-order valence-corrected chi connectivity index (χ3v) is 4.32. The van der Waals surface area contributed by atoms with E-state index in [4.69, 9.17) is 21.7 Å². The first kappa shape index (κ1) is 20.8. The van der Waals surface area contributed by atoms with Crippen LogP contribution < -0.4 is 10.2 Å². The van der Waals surface area contributed by atoms with Crippen molar-refractivity contribution in [1.82, 2.24) is 0 Å². The Bertz CT molecular complexity index is 1040. The van der Waals surface area contributed by atoms with Crippen LogP contribution in [0.4, 0.5) is 13.2 Å². The molecule has 150 valence electrons. The van der Waals surface area contributed by atoms with Crippen LogP contribution in [-0.4, -0.2) is 20.4 Å². The Labute approximate surface area is 167 Å². The number of rotatable bonds is 6. The molecule has 0 fully saturated rings. The Morgan fingerprint density at radius 1 is 1.21 bits per heavy atom. The van der Waals surface area contributed by atoms with E-state index in [1.54, 1.807) is 19.1 Å². The second-order valence-corrected chi connectivity index (χ2v) is 6.59. The summed E-state index contributed by atoms with van der Waals surface area (Å²) in [6, 6.07) is 8.21. The van der Waals surface area contributed by atoms with Crippen molar-refractivity contribution in [2.24, 2.45) is 0 Å². The average molecular weight is 402 g/mol. The third kappa shape index (κ3) is 4.75. The monoisotopic (exact) mass is 402 g/mol. The van der Waals surface area contributed by atoms with Gasteiger partial charge >= 0.3 is 12.1 Å². The lowest BCUT2D eigenvalue weighted by Crippen LogP contribution is -2.11. The van der Waals surface area contributed by atoms with Crippen molar-refractivity contribution >= 4 is 30.2 Å². The minimum atomic E-state index is -4.56. The number of carbonyl (C=O) groups is 1. The van der Waals surface area contributed by atoms with Crippen molar-refractivity contribution in [2.75, 3.05) is 6.61 Å². The number of benzene rings is 2. The second kappa shape index (κ2) is 8.23. The predicted octanol–water partition coefficient (Wildman–Crippen LogP) is 4.24. The topological polar surface area (TPSA) is 48.7 Å². The van der Waals surface area contributed by atoms with Gasteiger partial charge in [-0.05, 0) is 37.1 Å². The molecule has 2 aromatic carbocycles. The van der Waals surface area contributed by atoms with Gasteiger partial charge in [0.15, 0.2) is 0 Å². The van der Waals surface area contributed by atoms with E-state index in [1.165, 1.54) is 12.1 Å². The molecular formula is C21H18BF3O4. The average Bonchev–Trinajstić information content (AvgIpc) is 3.07. The van der Waals surface area contributed by atoms with Crippen molar-refractivity contribution in [2.45, 2.75) is 33.1 Å². The van der Waals surface area contributed by atoms with Gasteiger partial charge in [0.05, 0.1) is 13.0 Å². The molecule has 0 aliphatic rings. The summed E-state index contributed by atoms with van der Waals surface area (Å²) in [6.45, 7) is 3.83. The molecule has 29 heavy (non-hydrogen) atoms. The molecule has 0 unspecified atom stereocenters. The van der Waals surface area contributed by atoms with Crippen LogP contribution in [0.5, 0.6) is 5.75 Å². The number of hydrogen-bond acceptors (Lipinski definition) is 4. The zero-order chi connectivity index (χ0) is 21.2. The first-order chi connectivity index (χ1) is 13.7. The summed E-state index contributed by atoms with van der Waals surface area (Å²) in [5.74, 6) is 0.0695. The molecule has 0 aliphatic carbocycles. The highest BCUT2D eigenvalue weighted by atomic mass is 19.4. The number of carbonyl (C=O) groups excluding carboxylic acids is 1. The molecule has 0 amide bonds. The first-order valence-corrected chi connectivity index (χ1v) is 8.93. The van der Waals surface area contributed by atoms with E-state index < -0.39 is 11.7 Å². The highest BCUT2D eigenvalue weighted by Crippen LogP contribution is 2.36. The number of hydrogen-bond donors (Lipinski definition) is 0. The molecular weight excluding hydrogens is 384 g/mol. The fourth-order valence-corrected chi connectivity index (χ4v) is 3.00. The van der Waals surface area contributed by atoms with E-state index in [9.17, 15) is 18.0 Å². The molecule has 1 heterocycles. The van der Waals surface area contributed by atoms with E-state index in [0.29, 0.717) is 23.1 Å². The largest absolute Gasteiger partial charge is 0.489 e. The number of furan rings is 1. The molecule has 2 radical (unpaired) electrons. The molecule has 4 nitrogen and oxygen atoms in total. The van der Waals surface area contributed by atoms with Crippen molar-refractivity contribution in [3.63, 3.8) is 0 Å². The Morgan fingerprint density at radius 2 is 1.97 bits per heavy atom. The van der Waals surface area contributed by atoms with Gasteiger partial charge in [-0.3, -0.25) is 4.79 Å². The lowest BCUT2D eigenvalue weighted by Gasteiger charge is -2.13. The summed E-state index contributed by atoms with van der Waals surface area (Å²) >= 11 is 0. The Hall–Kier alpha value is -2.90. The van der Waals surface area contributed by atoms with Crippen LogP contribution in [0.1, 0.15) is 29.2 Å². The number of fused-ring (bicyclic) bond motifs is 1. The number of aryl methyl sites for hydroxylation is 1. The Kier molecular flexibility index (Phi) is 5.91. The van der Waals surface area contributed by atoms with Gasteiger partial charge in [0, 0.05) is 10.9 Å². The number of alkyl halides is 3. The summed E-state index contributed by atoms with van der Waals surface area (Å²) in [6.07, 6.45) is -3.87. The maximum Gasteiger partial charge on any atom is 0.420 e. The van der Waals surface area contributed by atoms with Crippen molar-refractivity contribution < 1.29 is 31.9 Å². The second-order valence-electron chi connectivity index (χ2n) is 6.59. The quantitative estimate of drug-likeness (QED) is 0.457. The molecule has 1 aromatic heterocycles. The minimum Gasteiger partial charge on any atom is -0.489 e. The summed E-state index contributed by atoms with van der Waals surface area (Å²) < 4.78 is 55.3. The first-order valence-electron chi connectivity index (χ1n) is 8.93. The lowest BCUT2D eigenvalue weighted by atomic mass is 9.91. The number of ether oxygens (including phenoxy) is 2. The Morgan fingerprint density at radius 3 is 2.66 bits per heavy atom. The summed E-state index contributed by atoms with van der Waals surface area (Å²) in [5.41, 5.74) is 1.18. The van der Waals surface area contributed by atoms with Crippen LogP contribution in [0, 0.1) is 6.92 Å². The molecule has 8 heteroatoms. The van der Waals surface area contributed by atoms with E-state index in [-0.39, 0.29) is 42.0 Å². The maximum atomic E-state index is 13.2. The predicted molar refractivity (Wildman–Crippen MR) is 102 cm³/mol. The zero-order valence-electron chi connectivity index (χ0n) is 15.9. The van der Waals surface area contributed by atoms with Crippen LogP contribution in [0.3, 0.4) is 0 Å².